The molecule has 4 aromatic heterocycles. The lowest BCUT2D eigenvalue weighted by Crippen LogP contribution is -2.56. The Balaban J connectivity index is 1.28. The Bertz CT molecular complexity index is 1360. The van der Waals surface area contributed by atoms with Gasteiger partial charge in [-0.15, -0.1) is 0 Å². The minimum Gasteiger partial charge on any atom is -0.488 e. The van der Waals surface area contributed by atoms with Gasteiger partial charge in [-0.25, -0.2) is 15.0 Å². The highest BCUT2D eigenvalue weighted by Crippen LogP contribution is 2.32. The molecular weight excluding hydrogens is 444 g/mol. The maximum Gasteiger partial charge on any atom is 0.157 e. The van der Waals surface area contributed by atoms with Crippen LogP contribution in [0.4, 0.5) is 11.6 Å². The number of rotatable bonds is 5. The molecule has 3 atom stereocenters. The van der Waals surface area contributed by atoms with Gasteiger partial charge in [-0.1, -0.05) is 0 Å². The number of ether oxygens (including phenoxy) is 2. The van der Waals surface area contributed by atoms with Gasteiger partial charge in [-0.2, -0.15) is 0 Å². The molecule has 0 aliphatic carbocycles. The van der Waals surface area contributed by atoms with E-state index in [0.29, 0.717) is 29.5 Å². The van der Waals surface area contributed by atoms with Gasteiger partial charge in [0, 0.05) is 54.1 Å². The van der Waals surface area contributed by atoms with Crippen LogP contribution in [0, 0.1) is 20.8 Å². The van der Waals surface area contributed by atoms with Gasteiger partial charge >= 0.3 is 0 Å². The molecule has 2 aliphatic heterocycles. The first kappa shape index (κ1) is 21.9. The zero-order valence-electron chi connectivity index (χ0n) is 20.0. The molecule has 2 N–H and O–H groups in total. The van der Waals surface area contributed by atoms with E-state index in [0.717, 1.165) is 60.1 Å². The van der Waals surface area contributed by atoms with Gasteiger partial charge < -0.3 is 24.5 Å². The van der Waals surface area contributed by atoms with Crippen molar-refractivity contribution in [1.82, 2.24) is 34.6 Å². The number of nitrogens with zero attached hydrogens (tertiary/aromatic N) is 6. The second kappa shape index (κ2) is 8.86. The van der Waals surface area contributed by atoms with Crippen LogP contribution in [0.3, 0.4) is 0 Å². The topological polar surface area (TPSA) is 111 Å². The van der Waals surface area contributed by atoms with E-state index in [2.05, 4.69) is 30.6 Å². The quantitative estimate of drug-likeness (QED) is 0.452. The van der Waals surface area contributed by atoms with Gasteiger partial charge in [-0.3, -0.25) is 9.97 Å². The van der Waals surface area contributed by atoms with Gasteiger partial charge in [0.2, 0.25) is 0 Å². The van der Waals surface area contributed by atoms with Crippen molar-refractivity contribution >= 4 is 17.3 Å². The normalized spacial score (nSPS) is 21.7. The van der Waals surface area contributed by atoms with Crippen LogP contribution in [0.5, 0.6) is 5.75 Å². The smallest absolute Gasteiger partial charge is 0.157 e. The molecule has 0 amide bonds. The van der Waals surface area contributed by atoms with Crippen molar-refractivity contribution < 1.29 is 9.47 Å². The molecule has 0 saturated carbocycles. The lowest BCUT2D eigenvalue weighted by atomic mass is 9.94. The number of hydrogen-bond donors (Lipinski definition) is 2. The van der Waals surface area contributed by atoms with E-state index in [1.54, 1.807) is 6.20 Å². The highest BCUT2D eigenvalue weighted by atomic mass is 16.5. The van der Waals surface area contributed by atoms with E-state index < -0.39 is 0 Å². The molecule has 1 unspecified atom stereocenters. The third-order valence-electron chi connectivity index (χ3n) is 6.34. The van der Waals surface area contributed by atoms with E-state index >= 15 is 0 Å². The molecule has 0 radical (unpaired) electrons. The average Bonchev–Trinajstić information content (AvgIpc) is 3.20. The maximum absolute atomic E-state index is 6.50. The van der Waals surface area contributed by atoms with Gasteiger partial charge in [-0.05, 0) is 26.8 Å². The van der Waals surface area contributed by atoms with E-state index in [9.17, 15) is 0 Å². The molecule has 180 valence electrons. The number of pyridine rings is 1. The lowest BCUT2D eigenvalue weighted by molar-refractivity contribution is -0.0122. The van der Waals surface area contributed by atoms with Crippen LogP contribution in [0.2, 0.25) is 0 Å². The molecule has 2 bridgehead atoms. The Labute approximate surface area is 203 Å². The van der Waals surface area contributed by atoms with Crippen molar-refractivity contribution in [2.45, 2.75) is 51.8 Å². The summed E-state index contributed by atoms with van der Waals surface area (Å²) in [6, 6.07) is 4.59. The number of anilines is 2. The molecule has 0 aromatic carbocycles. The second-order valence-electron chi connectivity index (χ2n) is 9.36. The monoisotopic (exact) mass is 472 g/mol. The zero-order valence-corrected chi connectivity index (χ0v) is 20.0. The molecule has 4 aromatic rings. The Morgan fingerprint density at radius 3 is 2.57 bits per heavy atom. The van der Waals surface area contributed by atoms with Crippen molar-refractivity contribution in [2.24, 2.45) is 0 Å². The minimum absolute atomic E-state index is 0.117. The highest BCUT2D eigenvalue weighted by Gasteiger charge is 2.33. The van der Waals surface area contributed by atoms with Crippen molar-refractivity contribution in [1.29, 1.82) is 0 Å². The lowest BCUT2D eigenvalue weighted by Gasteiger charge is -2.40. The van der Waals surface area contributed by atoms with Crippen LogP contribution in [-0.2, 0) is 4.74 Å². The molecule has 35 heavy (non-hydrogen) atoms. The Hall–Kier alpha value is -3.63. The standard InChI is InChI=1S/C25H28N8O2/c1-14-4-20(22(8-26-14)35-19-6-17-12-34-13-18(7-19)30-17)21-10-33-11-24(32-25(33)9-27-21)31-23-5-15(2)28-16(3)29-23/h4-5,8-11,17-19,30H,6-7,12-13H2,1-3H3,(H,28,29,31)/t17-,18+,19?. The molecule has 10 nitrogen and oxygen atoms in total. The first-order valence-electron chi connectivity index (χ1n) is 11.9. The van der Waals surface area contributed by atoms with Crippen molar-refractivity contribution in [3.05, 3.63) is 54.1 Å². The number of fused-ring (bicyclic) bond motifs is 3. The first-order chi connectivity index (χ1) is 17.0. The van der Waals surface area contributed by atoms with Gasteiger partial charge in [0.25, 0.3) is 0 Å². The molecule has 2 saturated heterocycles. The van der Waals surface area contributed by atoms with Crippen molar-refractivity contribution in [3.8, 4) is 17.0 Å². The molecular formula is C25H28N8O2. The Morgan fingerprint density at radius 1 is 0.943 bits per heavy atom. The number of nitrogens with one attached hydrogen (secondary N) is 2. The largest absolute Gasteiger partial charge is 0.488 e. The average molecular weight is 473 g/mol. The van der Waals surface area contributed by atoms with E-state index in [-0.39, 0.29) is 6.10 Å². The number of morpholine rings is 1. The van der Waals surface area contributed by atoms with Crippen molar-refractivity contribution in [3.63, 3.8) is 0 Å². The minimum atomic E-state index is 0.117. The summed E-state index contributed by atoms with van der Waals surface area (Å²) in [6.45, 7) is 7.26. The Morgan fingerprint density at radius 2 is 1.77 bits per heavy atom. The fraction of sp³-hybridized carbons (Fsp3) is 0.400. The molecule has 0 spiro atoms. The summed E-state index contributed by atoms with van der Waals surface area (Å²) < 4.78 is 14.1. The summed E-state index contributed by atoms with van der Waals surface area (Å²) in [7, 11) is 0. The molecule has 10 heteroatoms. The fourth-order valence-corrected chi connectivity index (χ4v) is 4.91. The van der Waals surface area contributed by atoms with Gasteiger partial charge in [0.15, 0.2) is 11.5 Å². The van der Waals surface area contributed by atoms with Gasteiger partial charge in [0.05, 0.1) is 37.5 Å². The summed E-state index contributed by atoms with van der Waals surface area (Å²) in [5, 5.41) is 6.88. The predicted octanol–water partition coefficient (Wildman–Crippen LogP) is 3.15. The molecule has 6 heterocycles. The fourth-order valence-electron chi connectivity index (χ4n) is 4.91. The summed E-state index contributed by atoms with van der Waals surface area (Å²) in [6.07, 6.45) is 9.41. The van der Waals surface area contributed by atoms with Crippen LogP contribution >= 0.6 is 0 Å². The molecule has 2 fully saturated rings. The van der Waals surface area contributed by atoms with E-state index in [1.165, 1.54) is 0 Å². The maximum atomic E-state index is 6.50. The van der Waals surface area contributed by atoms with E-state index in [4.69, 9.17) is 14.5 Å². The summed E-state index contributed by atoms with van der Waals surface area (Å²) in [5.74, 6) is 2.86. The molecule has 2 aliphatic rings. The SMILES string of the molecule is Cc1cc(-c2cn3cc(Nc4cc(C)nc(C)n4)nc3cn2)c(OC2C[C@H]3COC[C@@H](C2)N3)cn1. The Kier molecular flexibility index (Phi) is 5.54. The summed E-state index contributed by atoms with van der Waals surface area (Å²) in [4.78, 5) is 22.6. The number of piperidine rings is 1. The van der Waals surface area contributed by atoms with Crippen LogP contribution in [0.1, 0.15) is 30.1 Å². The van der Waals surface area contributed by atoms with Crippen LogP contribution in [-0.4, -0.2) is 60.7 Å². The second-order valence-corrected chi connectivity index (χ2v) is 9.36. The predicted molar refractivity (Wildman–Crippen MR) is 131 cm³/mol. The van der Waals surface area contributed by atoms with Crippen LogP contribution < -0.4 is 15.4 Å². The number of imidazole rings is 1. The van der Waals surface area contributed by atoms with E-state index in [1.807, 2.05) is 55.9 Å². The van der Waals surface area contributed by atoms with Crippen molar-refractivity contribution in [2.75, 3.05) is 18.5 Å². The van der Waals surface area contributed by atoms with Gasteiger partial charge in [0.1, 0.15) is 23.5 Å². The third kappa shape index (κ3) is 4.67. The zero-order chi connectivity index (χ0) is 23.9. The first-order valence-corrected chi connectivity index (χ1v) is 11.9. The molecule has 6 rings (SSSR count). The summed E-state index contributed by atoms with van der Waals surface area (Å²) >= 11 is 0. The third-order valence-corrected chi connectivity index (χ3v) is 6.34. The van der Waals surface area contributed by atoms with Crippen LogP contribution in [0.15, 0.2) is 36.9 Å². The number of aromatic nitrogens is 6. The summed E-state index contributed by atoms with van der Waals surface area (Å²) in [5.41, 5.74) is 4.27. The van der Waals surface area contributed by atoms with Crippen LogP contribution in [0.25, 0.3) is 16.9 Å². The number of hydrogen-bond acceptors (Lipinski definition) is 9. The number of aryl methyl sites for hydroxylation is 3. The highest BCUT2D eigenvalue weighted by molar-refractivity contribution is 5.68.